The van der Waals surface area contributed by atoms with Gasteiger partial charge in [0.15, 0.2) is 0 Å². The molecule has 1 aromatic rings. The first kappa shape index (κ1) is 16.9. The molecule has 1 fully saturated rings. The van der Waals surface area contributed by atoms with Crippen molar-refractivity contribution in [1.82, 2.24) is 9.62 Å². The summed E-state index contributed by atoms with van der Waals surface area (Å²) in [6.07, 6.45) is 2.95. The van der Waals surface area contributed by atoms with E-state index in [-0.39, 0.29) is 12.1 Å². The zero-order valence-electron chi connectivity index (χ0n) is 12.8. The van der Waals surface area contributed by atoms with Crippen LogP contribution >= 0.6 is 15.9 Å². The molecule has 1 aliphatic heterocycles. The van der Waals surface area contributed by atoms with E-state index >= 15 is 0 Å². The fourth-order valence-electron chi connectivity index (χ4n) is 3.05. The quantitative estimate of drug-likeness (QED) is 0.880. The first-order valence-electron chi connectivity index (χ1n) is 7.34. The third-order valence-electron chi connectivity index (χ3n) is 4.05. The van der Waals surface area contributed by atoms with Crippen molar-refractivity contribution in [2.75, 3.05) is 7.05 Å². The topological polar surface area (TPSA) is 49.4 Å². The Morgan fingerprint density at radius 2 is 1.90 bits per heavy atom. The van der Waals surface area contributed by atoms with Gasteiger partial charge in [0.1, 0.15) is 0 Å². The number of hydrogen-bond donors (Lipinski definition) is 1. The number of nitrogens with zero attached hydrogens (tertiary/aromatic N) is 1. The molecule has 1 aliphatic rings. The molecule has 0 bridgehead atoms. The van der Waals surface area contributed by atoms with Crippen molar-refractivity contribution in [3.05, 3.63) is 28.2 Å². The van der Waals surface area contributed by atoms with Crippen molar-refractivity contribution in [1.29, 1.82) is 0 Å². The van der Waals surface area contributed by atoms with E-state index in [2.05, 4.69) is 21.2 Å². The van der Waals surface area contributed by atoms with Crippen LogP contribution in [0.3, 0.4) is 0 Å². The first-order valence-corrected chi connectivity index (χ1v) is 9.57. The van der Waals surface area contributed by atoms with Gasteiger partial charge in [-0.2, -0.15) is 4.31 Å². The van der Waals surface area contributed by atoms with Crippen LogP contribution in [0.4, 0.5) is 0 Å². The van der Waals surface area contributed by atoms with Crippen LogP contribution in [-0.2, 0) is 16.6 Å². The summed E-state index contributed by atoms with van der Waals surface area (Å²) in [6.45, 7) is 4.71. The molecule has 4 nitrogen and oxygen atoms in total. The molecule has 1 aromatic carbocycles. The van der Waals surface area contributed by atoms with Crippen LogP contribution in [0.2, 0.25) is 0 Å². The van der Waals surface area contributed by atoms with Gasteiger partial charge in [0.25, 0.3) is 0 Å². The molecule has 0 saturated carbocycles. The van der Waals surface area contributed by atoms with E-state index in [4.69, 9.17) is 0 Å². The lowest BCUT2D eigenvalue weighted by atomic mass is 10.0. The van der Waals surface area contributed by atoms with Gasteiger partial charge in [-0.05, 0) is 67.4 Å². The number of piperidine rings is 1. The summed E-state index contributed by atoms with van der Waals surface area (Å²) in [4.78, 5) is 0.364. The smallest absolute Gasteiger partial charge is 0.244 e. The lowest BCUT2D eigenvalue weighted by Crippen LogP contribution is -2.47. The van der Waals surface area contributed by atoms with Gasteiger partial charge in [0.05, 0.1) is 4.90 Å². The molecule has 0 aliphatic carbocycles. The predicted octanol–water partition coefficient (Wildman–Crippen LogP) is 3.12. The summed E-state index contributed by atoms with van der Waals surface area (Å²) in [7, 11) is -1.59. The summed E-state index contributed by atoms with van der Waals surface area (Å²) in [5, 5.41) is 3.07. The molecule has 0 amide bonds. The van der Waals surface area contributed by atoms with E-state index in [1.54, 1.807) is 10.4 Å². The minimum Gasteiger partial charge on any atom is -0.316 e. The van der Waals surface area contributed by atoms with Gasteiger partial charge < -0.3 is 5.32 Å². The number of halogens is 1. The number of hydrogen-bond acceptors (Lipinski definition) is 3. The largest absolute Gasteiger partial charge is 0.316 e. The Labute approximate surface area is 136 Å². The highest BCUT2D eigenvalue weighted by atomic mass is 79.9. The Morgan fingerprint density at radius 3 is 2.43 bits per heavy atom. The van der Waals surface area contributed by atoms with E-state index < -0.39 is 10.0 Å². The minimum atomic E-state index is -3.46. The van der Waals surface area contributed by atoms with Gasteiger partial charge in [0, 0.05) is 23.1 Å². The van der Waals surface area contributed by atoms with Crippen molar-refractivity contribution >= 4 is 26.0 Å². The summed E-state index contributed by atoms with van der Waals surface area (Å²) in [5.41, 5.74) is 1.06. The fraction of sp³-hybridized carbons (Fsp3) is 0.600. The highest BCUT2D eigenvalue weighted by Gasteiger charge is 2.36. The number of sulfonamides is 1. The van der Waals surface area contributed by atoms with Crippen LogP contribution in [0.5, 0.6) is 0 Å². The van der Waals surface area contributed by atoms with E-state index in [9.17, 15) is 8.42 Å². The molecule has 0 unspecified atom stereocenters. The highest BCUT2D eigenvalue weighted by Crippen LogP contribution is 2.33. The van der Waals surface area contributed by atoms with Crippen molar-refractivity contribution in [3.8, 4) is 0 Å². The zero-order chi connectivity index (χ0) is 15.6. The highest BCUT2D eigenvalue weighted by molar-refractivity contribution is 9.10. The summed E-state index contributed by atoms with van der Waals surface area (Å²) >= 11 is 3.43. The maximum absolute atomic E-state index is 13.0. The lowest BCUT2D eigenvalue weighted by Gasteiger charge is -2.37. The minimum absolute atomic E-state index is 0.0580. The maximum Gasteiger partial charge on any atom is 0.244 e. The molecular weight excluding hydrogens is 352 g/mol. The van der Waals surface area contributed by atoms with Gasteiger partial charge in [-0.3, -0.25) is 0 Å². The van der Waals surface area contributed by atoms with Gasteiger partial charge >= 0.3 is 0 Å². The molecule has 2 atom stereocenters. The normalized spacial score (nSPS) is 24.2. The fourth-order valence-corrected chi connectivity index (χ4v) is 6.02. The van der Waals surface area contributed by atoms with Crippen LogP contribution in [0.25, 0.3) is 0 Å². The molecule has 1 saturated heterocycles. The molecule has 118 valence electrons. The second kappa shape index (κ2) is 6.77. The van der Waals surface area contributed by atoms with Gasteiger partial charge in [-0.25, -0.2) is 8.42 Å². The molecule has 1 N–H and O–H groups in total. The average Bonchev–Trinajstić information content (AvgIpc) is 2.38. The summed E-state index contributed by atoms with van der Waals surface area (Å²) in [5.74, 6) is 0. The van der Waals surface area contributed by atoms with Gasteiger partial charge in [0.2, 0.25) is 10.0 Å². The SMILES string of the molecule is CNCc1ccc(S(=O)(=O)N2[C@H](C)CCC[C@@H]2C)c(Br)c1. The van der Waals surface area contributed by atoms with Crippen LogP contribution in [0.1, 0.15) is 38.7 Å². The average molecular weight is 375 g/mol. The molecule has 0 radical (unpaired) electrons. The number of nitrogens with one attached hydrogen (secondary N) is 1. The Balaban J connectivity index is 2.39. The Bertz CT molecular complexity index is 594. The molecule has 6 heteroatoms. The Hall–Kier alpha value is -0.430. The van der Waals surface area contributed by atoms with E-state index in [0.717, 1.165) is 31.4 Å². The second-order valence-corrected chi connectivity index (χ2v) is 8.42. The van der Waals surface area contributed by atoms with Crippen molar-refractivity contribution in [2.45, 2.75) is 56.6 Å². The first-order chi connectivity index (χ1) is 9.87. The molecule has 0 spiro atoms. The standard InChI is InChI=1S/C15H23BrN2O2S/c1-11-5-4-6-12(2)18(11)21(19,20)15-8-7-13(10-17-3)9-14(15)16/h7-9,11-12,17H,4-6,10H2,1-3H3/t11-,12+. The van der Waals surface area contributed by atoms with Crippen molar-refractivity contribution < 1.29 is 8.42 Å². The molecular formula is C15H23BrN2O2S. The zero-order valence-corrected chi connectivity index (χ0v) is 15.2. The second-order valence-electron chi connectivity index (χ2n) is 5.76. The van der Waals surface area contributed by atoms with Crippen LogP contribution in [0.15, 0.2) is 27.6 Å². The summed E-state index contributed by atoms with van der Waals surface area (Å²) < 4.78 is 28.3. The lowest BCUT2D eigenvalue weighted by molar-refractivity contribution is 0.204. The third kappa shape index (κ3) is 3.50. The van der Waals surface area contributed by atoms with E-state index in [1.165, 1.54) is 0 Å². The molecule has 2 rings (SSSR count). The number of rotatable bonds is 4. The van der Waals surface area contributed by atoms with Crippen LogP contribution in [-0.4, -0.2) is 31.9 Å². The third-order valence-corrected chi connectivity index (χ3v) is 7.15. The number of benzene rings is 1. The predicted molar refractivity (Wildman–Crippen MR) is 88.7 cm³/mol. The van der Waals surface area contributed by atoms with E-state index in [1.807, 2.05) is 33.0 Å². The van der Waals surface area contributed by atoms with Crippen LogP contribution < -0.4 is 5.32 Å². The van der Waals surface area contributed by atoms with Crippen LogP contribution in [0, 0.1) is 0 Å². The maximum atomic E-state index is 13.0. The molecule has 0 aromatic heterocycles. The Morgan fingerprint density at radius 1 is 1.29 bits per heavy atom. The van der Waals surface area contributed by atoms with Gasteiger partial charge in [-0.15, -0.1) is 0 Å². The summed E-state index contributed by atoms with van der Waals surface area (Å²) in [6, 6.07) is 5.57. The Kier molecular flexibility index (Phi) is 5.46. The van der Waals surface area contributed by atoms with Crippen molar-refractivity contribution in [3.63, 3.8) is 0 Å². The molecule has 1 heterocycles. The monoisotopic (exact) mass is 374 g/mol. The molecule has 21 heavy (non-hydrogen) atoms. The van der Waals surface area contributed by atoms with Crippen molar-refractivity contribution in [2.24, 2.45) is 0 Å². The van der Waals surface area contributed by atoms with Gasteiger partial charge in [-0.1, -0.05) is 12.5 Å². The van der Waals surface area contributed by atoms with E-state index in [0.29, 0.717) is 9.37 Å².